The first kappa shape index (κ1) is 6.95. The summed E-state index contributed by atoms with van der Waals surface area (Å²) < 4.78 is -0.749. The lowest BCUT2D eigenvalue weighted by atomic mass is 10.3. The van der Waals surface area contributed by atoms with Crippen LogP contribution in [-0.4, -0.2) is 29.6 Å². The van der Waals surface area contributed by atoms with Gasteiger partial charge in [-0.3, -0.25) is 4.76 Å². The molecule has 0 spiro atoms. The van der Waals surface area contributed by atoms with E-state index < -0.39 is 4.76 Å². The van der Waals surface area contributed by atoms with Crippen LogP contribution in [-0.2, 0) is 0 Å². The normalized spacial score (nSPS) is 46.0. The predicted octanol–water partition coefficient (Wildman–Crippen LogP) is 0.438. The summed E-state index contributed by atoms with van der Waals surface area (Å²) in [6, 6.07) is -0.104. The van der Waals surface area contributed by atoms with E-state index in [0.29, 0.717) is 18.1 Å². The number of hydroxylamine groups is 3. The molecule has 0 aliphatic carbocycles. The summed E-state index contributed by atoms with van der Waals surface area (Å²) in [5.74, 6) is 0. The van der Waals surface area contributed by atoms with Crippen LogP contribution in [0.4, 0.5) is 0 Å². The second kappa shape index (κ2) is 1.91. The highest BCUT2D eigenvalue weighted by Gasteiger charge is 2.27. The molecule has 1 fully saturated rings. The quantitative estimate of drug-likeness (QED) is 0.354. The molecule has 0 aromatic heterocycles. The molecule has 4 heteroatoms. The Balaban J connectivity index is 2.62. The topological polar surface area (TPSA) is 49.4 Å². The van der Waals surface area contributed by atoms with Crippen LogP contribution in [0.5, 0.6) is 0 Å². The highest BCUT2D eigenvalue weighted by atomic mass is 16.7. The first-order valence-electron chi connectivity index (χ1n) is 3.07. The molecule has 1 rings (SSSR count). The average molecular weight is 131 g/mol. The van der Waals surface area contributed by atoms with E-state index in [2.05, 4.69) is 0 Å². The Morgan fingerprint density at radius 2 is 2.22 bits per heavy atom. The number of hydrogen-bond acceptors (Lipinski definition) is 3. The maximum absolute atomic E-state index is 11.0. The van der Waals surface area contributed by atoms with Crippen LogP contribution in [0.3, 0.4) is 0 Å². The van der Waals surface area contributed by atoms with Crippen LogP contribution in [0.2, 0.25) is 0 Å². The lowest BCUT2D eigenvalue weighted by Crippen LogP contribution is -2.46. The van der Waals surface area contributed by atoms with Crippen LogP contribution in [0.15, 0.2) is 0 Å². The van der Waals surface area contributed by atoms with Crippen molar-refractivity contribution in [2.75, 3.05) is 13.6 Å². The van der Waals surface area contributed by atoms with Gasteiger partial charge in [-0.15, -0.1) is 0 Å². The van der Waals surface area contributed by atoms with Gasteiger partial charge in [-0.05, 0) is 6.92 Å². The van der Waals surface area contributed by atoms with E-state index in [4.69, 9.17) is 0 Å². The van der Waals surface area contributed by atoms with E-state index in [1.54, 1.807) is 6.92 Å². The van der Waals surface area contributed by atoms with Crippen molar-refractivity contribution in [1.29, 1.82) is 0 Å². The van der Waals surface area contributed by atoms with Gasteiger partial charge >= 0.3 is 0 Å². The zero-order chi connectivity index (χ0) is 7.07. The molecular weight excluding hydrogens is 120 g/mol. The fraction of sp³-hybridized carbons (Fsp3) is 1.00. The van der Waals surface area contributed by atoms with E-state index in [1.807, 2.05) is 0 Å². The van der Waals surface area contributed by atoms with Gasteiger partial charge < -0.3 is 10.4 Å². The van der Waals surface area contributed by atoms with Gasteiger partial charge in [-0.25, -0.2) is 5.17 Å². The number of quaternary nitrogens is 1. The maximum atomic E-state index is 11.0. The fourth-order valence-corrected chi connectivity index (χ4v) is 1.05. The molecule has 54 valence electrons. The van der Waals surface area contributed by atoms with E-state index in [9.17, 15) is 10.4 Å². The largest absolute Gasteiger partial charge is 0.739 e. The zero-order valence-electron chi connectivity index (χ0n) is 5.70. The van der Waals surface area contributed by atoms with Crippen molar-refractivity contribution in [2.45, 2.75) is 19.4 Å². The molecule has 0 aromatic rings. The minimum Gasteiger partial charge on any atom is -0.739 e. The van der Waals surface area contributed by atoms with E-state index in [-0.39, 0.29) is 6.04 Å². The minimum absolute atomic E-state index is 0.104. The summed E-state index contributed by atoms with van der Waals surface area (Å²) in [7, 11) is 1.39. The Morgan fingerprint density at radius 1 is 1.67 bits per heavy atom. The van der Waals surface area contributed by atoms with Crippen molar-refractivity contribution in [3.05, 3.63) is 10.4 Å². The smallest absolute Gasteiger partial charge is 0.0969 e. The molecule has 2 atom stereocenters. The molecule has 0 radical (unpaired) electrons. The summed E-state index contributed by atoms with van der Waals surface area (Å²) in [6.07, 6.45) is 0.712. The summed E-state index contributed by atoms with van der Waals surface area (Å²) in [4.78, 5) is 0. The van der Waals surface area contributed by atoms with E-state index in [0.717, 1.165) is 0 Å². The highest BCUT2D eigenvalue weighted by Crippen LogP contribution is 2.21. The van der Waals surface area contributed by atoms with Crippen LogP contribution in [0.1, 0.15) is 13.3 Å². The monoisotopic (exact) mass is 131 g/mol. The van der Waals surface area contributed by atoms with E-state index >= 15 is 0 Å². The SMILES string of the molecule is CC1CC[N+](C)([O-])N1[O-]. The Hall–Kier alpha value is -0.160. The molecule has 0 aromatic carbocycles. The Kier molecular flexibility index (Phi) is 1.48. The minimum atomic E-state index is -0.749. The van der Waals surface area contributed by atoms with Crippen molar-refractivity contribution in [3.8, 4) is 0 Å². The molecule has 1 heterocycles. The van der Waals surface area contributed by atoms with Crippen LogP contribution in [0.25, 0.3) is 0 Å². The van der Waals surface area contributed by atoms with E-state index in [1.165, 1.54) is 7.05 Å². The first-order chi connectivity index (χ1) is 4.04. The number of hydrogen-bond donors (Lipinski definition) is 0. The molecule has 1 aliphatic heterocycles. The van der Waals surface area contributed by atoms with Gasteiger partial charge in [0.25, 0.3) is 0 Å². The molecule has 1 saturated heterocycles. The summed E-state index contributed by atoms with van der Waals surface area (Å²) in [6.45, 7) is 2.19. The molecule has 2 unspecified atom stereocenters. The summed E-state index contributed by atoms with van der Waals surface area (Å²) in [5.41, 5.74) is 0. The van der Waals surface area contributed by atoms with Crippen LogP contribution in [0, 0.1) is 10.4 Å². The molecule has 0 amide bonds. The molecule has 0 saturated carbocycles. The van der Waals surface area contributed by atoms with Gasteiger partial charge in [0.2, 0.25) is 0 Å². The van der Waals surface area contributed by atoms with Crippen molar-refractivity contribution in [3.63, 3.8) is 0 Å². The zero-order valence-corrected chi connectivity index (χ0v) is 5.70. The van der Waals surface area contributed by atoms with Crippen molar-refractivity contribution < 1.29 is 4.76 Å². The third kappa shape index (κ3) is 1.07. The van der Waals surface area contributed by atoms with Gasteiger partial charge in [0.1, 0.15) is 0 Å². The second-order valence-corrected chi connectivity index (χ2v) is 2.71. The maximum Gasteiger partial charge on any atom is 0.0969 e. The molecule has 4 nitrogen and oxygen atoms in total. The highest BCUT2D eigenvalue weighted by molar-refractivity contribution is 4.66. The Bertz CT molecular complexity index is 116. The molecule has 1 aliphatic rings. The summed E-state index contributed by atoms with van der Waals surface area (Å²) >= 11 is 0. The third-order valence-corrected chi connectivity index (χ3v) is 1.76. The number of rotatable bonds is 0. The van der Waals surface area contributed by atoms with Crippen molar-refractivity contribution in [1.82, 2.24) is 5.17 Å². The van der Waals surface area contributed by atoms with Gasteiger partial charge in [0.05, 0.1) is 13.6 Å². The van der Waals surface area contributed by atoms with Crippen LogP contribution < -0.4 is 0 Å². The second-order valence-electron chi connectivity index (χ2n) is 2.71. The van der Waals surface area contributed by atoms with Crippen molar-refractivity contribution in [2.24, 2.45) is 0 Å². The van der Waals surface area contributed by atoms with Gasteiger partial charge in [0, 0.05) is 12.5 Å². The lowest BCUT2D eigenvalue weighted by Gasteiger charge is -2.46. The Morgan fingerprint density at radius 3 is 2.33 bits per heavy atom. The van der Waals surface area contributed by atoms with Crippen LogP contribution >= 0.6 is 0 Å². The average Bonchev–Trinajstić information content (AvgIpc) is 1.97. The first-order valence-corrected chi connectivity index (χ1v) is 3.07. The lowest BCUT2D eigenvalue weighted by molar-refractivity contribution is -0.956. The van der Waals surface area contributed by atoms with Gasteiger partial charge in [-0.1, -0.05) is 0 Å². The molecule has 9 heavy (non-hydrogen) atoms. The fourth-order valence-electron chi connectivity index (χ4n) is 1.05. The standard InChI is InChI=1S/C5H11N2O2/c1-5-3-4-7(2,9)6(5)8/h5H,3-4H2,1-2H3/q-1. The molecule has 0 bridgehead atoms. The number of nitrogens with zero attached hydrogens (tertiary/aromatic N) is 2. The van der Waals surface area contributed by atoms with Gasteiger partial charge in [-0.2, -0.15) is 0 Å². The molecular formula is C5H11N2O2-. The molecule has 0 N–H and O–H groups in total. The third-order valence-electron chi connectivity index (χ3n) is 1.76. The Labute approximate surface area is 54.4 Å². The summed E-state index contributed by atoms with van der Waals surface area (Å²) in [5, 5.41) is 22.4. The van der Waals surface area contributed by atoms with Gasteiger partial charge in [0.15, 0.2) is 0 Å². The predicted molar refractivity (Wildman–Crippen MR) is 33.7 cm³/mol. The van der Waals surface area contributed by atoms with Crippen molar-refractivity contribution >= 4 is 0 Å².